The van der Waals surface area contributed by atoms with Crippen LogP contribution in [0, 0.1) is 0 Å². The Morgan fingerprint density at radius 3 is 2.82 bits per heavy atom. The van der Waals surface area contributed by atoms with Crippen LogP contribution in [0.3, 0.4) is 0 Å². The molecular weight excluding hydrogens is 378 g/mol. The smallest absolute Gasteiger partial charge is 0.404 e. The summed E-state index contributed by atoms with van der Waals surface area (Å²) in [7, 11) is 1.68. The lowest BCUT2D eigenvalue weighted by molar-refractivity contribution is 0.0541. The predicted octanol–water partition coefficient (Wildman–Crippen LogP) is 2.74. The van der Waals surface area contributed by atoms with E-state index in [0.29, 0.717) is 6.73 Å². The van der Waals surface area contributed by atoms with Gasteiger partial charge >= 0.3 is 6.09 Å². The Balaban J connectivity index is 1.49. The number of aromatic nitrogens is 2. The largest absolute Gasteiger partial charge is 0.446 e. The molecule has 148 valence electrons. The first-order valence-corrected chi connectivity index (χ1v) is 10.0. The number of primary amides is 1. The molecule has 3 heterocycles. The van der Waals surface area contributed by atoms with Crippen molar-refractivity contribution >= 4 is 29.4 Å². The van der Waals surface area contributed by atoms with E-state index in [9.17, 15) is 4.79 Å². The van der Waals surface area contributed by atoms with E-state index in [2.05, 4.69) is 38.0 Å². The molecule has 1 fully saturated rings. The van der Waals surface area contributed by atoms with Crippen LogP contribution >= 0.6 is 11.8 Å². The number of carbonyl (C=O) groups is 1. The van der Waals surface area contributed by atoms with Crippen molar-refractivity contribution in [2.24, 2.45) is 5.73 Å². The van der Waals surface area contributed by atoms with Gasteiger partial charge in [0.15, 0.2) is 5.82 Å². The van der Waals surface area contributed by atoms with E-state index in [1.54, 1.807) is 31.3 Å². The molecule has 0 radical (unpaired) electrons. The molecule has 0 saturated carbocycles. The zero-order chi connectivity index (χ0) is 19.5. The van der Waals surface area contributed by atoms with Crippen molar-refractivity contribution in [2.45, 2.75) is 35.4 Å². The van der Waals surface area contributed by atoms with Gasteiger partial charge in [-0.3, -0.25) is 9.80 Å². The number of likely N-dealkylation sites (tertiary alicyclic amines) is 1. The molecule has 8 nitrogen and oxygen atoms in total. The van der Waals surface area contributed by atoms with Gasteiger partial charge in [0.1, 0.15) is 17.9 Å². The van der Waals surface area contributed by atoms with Crippen molar-refractivity contribution in [1.82, 2.24) is 14.9 Å². The molecule has 1 aromatic heterocycles. The number of ether oxygens (including phenoxy) is 2. The van der Waals surface area contributed by atoms with Crippen LogP contribution in [0.4, 0.5) is 16.3 Å². The number of amides is 1. The Kier molecular flexibility index (Phi) is 5.65. The van der Waals surface area contributed by atoms with E-state index < -0.39 is 6.09 Å². The van der Waals surface area contributed by atoms with Gasteiger partial charge in [-0.25, -0.2) is 14.8 Å². The number of piperidine rings is 1. The first-order valence-electron chi connectivity index (χ1n) is 9.20. The molecule has 1 saturated heterocycles. The van der Waals surface area contributed by atoms with Crippen molar-refractivity contribution in [3.63, 3.8) is 0 Å². The van der Waals surface area contributed by atoms with Crippen LogP contribution < -0.4 is 10.6 Å². The highest BCUT2D eigenvalue weighted by Crippen LogP contribution is 2.46. The molecule has 2 aliphatic heterocycles. The molecule has 4 rings (SSSR count). The molecule has 28 heavy (non-hydrogen) atoms. The van der Waals surface area contributed by atoms with Crippen LogP contribution in [0.2, 0.25) is 0 Å². The quantitative estimate of drug-likeness (QED) is 0.817. The first kappa shape index (κ1) is 19.0. The van der Waals surface area contributed by atoms with Crippen molar-refractivity contribution in [3.8, 4) is 0 Å². The normalized spacial score (nSPS) is 17.1. The molecule has 0 spiro atoms. The first-order chi connectivity index (χ1) is 13.6. The molecule has 1 aromatic carbocycles. The topological polar surface area (TPSA) is 93.8 Å². The van der Waals surface area contributed by atoms with Gasteiger partial charge in [0, 0.05) is 44.0 Å². The highest BCUT2D eigenvalue weighted by Gasteiger charge is 2.26. The summed E-state index contributed by atoms with van der Waals surface area (Å²) in [5.74, 6) is 0.823. The molecule has 1 amide bonds. The average Bonchev–Trinajstić information content (AvgIpc) is 2.69. The third kappa shape index (κ3) is 4.06. The number of benzene rings is 1. The van der Waals surface area contributed by atoms with Gasteiger partial charge < -0.3 is 15.2 Å². The third-order valence-corrected chi connectivity index (χ3v) is 5.95. The number of methoxy groups -OCH3 is 1. The Morgan fingerprint density at radius 1 is 1.29 bits per heavy atom. The lowest BCUT2D eigenvalue weighted by Crippen LogP contribution is -2.38. The Morgan fingerprint density at radius 2 is 2.07 bits per heavy atom. The molecule has 0 unspecified atom stereocenters. The molecule has 0 atom stereocenters. The van der Waals surface area contributed by atoms with Gasteiger partial charge in [-0.15, -0.1) is 0 Å². The Labute approximate surface area is 168 Å². The van der Waals surface area contributed by atoms with Crippen LogP contribution in [0.15, 0.2) is 40.5 Å². The number of rotatable bonds is 5. The van der Waals surface area contributed by atoms with Crippen LogP contribution in [-0.4, -0.2) is 54.0 Å². The van der Waals surface area contributed by atoms with E-state index in [-0.39, 0.29) is 6.10 Å². The van der Waals surface area contributed by atoms with Crippen LogP contribution in [-0.2, 0) is 16.0 Å². The van der Waals surface area contributed by atoms with Crippen LogP contribution in [0.1, 0.15) is 18.4 Å². The second kappa shape index (κ2) is 8.34. The number of carbonyl (C=O) groups excluding carboxylic acids is 1. The Hall–Kier alpha value is -2.36. The highest BCUT2D eigenvalue weighted by molar-refractivity contribution is 7.99. The molecular formula is C19H23N5O3S. The Bertz CT molecular complexity index is 857. The average molecular weight is 401 g/mol. The van der Waals surface area contributed by atoms with E-state index in [1.165, 1.54) is 5.56 Å². The summed E-state index contributed by atoms with van der Waals surface area (Å²) in [6.07, 6.45) is 4.27. The monoisotopic (exact) mass is 401 g/mol. The van der Waals surface area contributed by atoms with Crippen LogP contribution in [0.5, 0.6) is 0 Å². The lowest BCUT2D eigenvalue weighted by Gasteiger charge is -2.33. The second-order valence-electron chi connectivity index (χ2n) is 6.85. The summed E-state index contributed by atoms with van der Waals surface area (Å²) in [5.41, 5.74) is 7.43. The van der Waals surface area contributed by atoms with Gasteiger partial charge in [-0.05, 0) is 30.5 Å². The number of hydrogen-bond donors (Lipinski definition) is 1. The summed E-state index contributed by atoms with van der Waals surface area (Å²) in [6, 6.07) is 6.49. The zero-order valence-corrected chi connectivity index (χ0v) is 16.5. The van der Waals surface area contributed by atoms with Crippen molar-refractivity contribution in [3.05, 3.63) is 36.2 Å². The van der Waals surface area contributed by atoms with Gasteiger partial charge in [0.2, 0.25) is 0 Å². The van der Waals surface area contributed by atoms with Gasteiger partial charge in [-0.1, -0.05) is 17.8 Å². The van der Waals surface area contributed by atoms with Crippen LogP contribution in [0.25, 0.3) is 0 Å². The van der Waals surface area contributed by atoms with E-state index in [1.807, 2.05) is 0 Å². The molecule has 0 aliphatic carbocycles. The van der Waals surface area contributed by atoms with Crippen molar-refractivity contribution in [1.29, 1.82) is 0 Å². The molecule has 0 bridgehead atoms. The summed E-state index contributed by atoms with van der Waals surface area (Å²) < 4.78 is 10.5. The fraction of sp³-hybridized carbons (Fsp3) is 0.421. The maximum atomic E-state index is 10.9. The van der Waals surface area contributed by atoms with Gasteiger partial charge in [-0.2, -0.15) is 0 Å². The van der Waals surface area contributed by atoms with E-state index in [4.69, 9.17) is 15.2 Å². The predicted molar refractivity (Wildman–Crippen MR) is 106 cm³/mol. The van der Waals surface area contributed by atoms with E-state index in [0.717, 1.165) is 53.9 Å². The minimum atomic E-state index is -0.688. The maximum Gasteiger partial charge on any atom is 0.404 e. The van der Waals surface area contributed by atoms with Gasteiger partial charge in [0.05, 0.1) is 5.69 Å². The number of fused-ring (bicyclic) bond motifs is 2. The number of nitrogens with zero attached hydrogens (tertiary/aromatic N) is 4. The minimum absolute atomic E-state index is 0.0686. The molecule has 2 N–H and O–H groups in total. The summed E-state index contributed by atoms with van der Waals surface area (Å²) >= 11 is 1.63. The number of hydrogen-bond acceptors (Lipinski definition) is 8. The molecule has 2 aliphatic rings. The summed E-state index contributed by atoms with van der Waals surface area (Å²) in [5, 5.41) is 0.885. The number of nitrogens with two attached hydrogens (primary N) is 1. The summed E-state index contributed by atoms with van der Waals surface area (Å²) in [6.45, 7) is 3.01. The van der Waals surface area contributed by atoms with Crippen molar-refractivity contribution < 1.29 is 14.3 Å². The third-order valence-electron chi connectivity index (χ3n) is 4.90. The zero-order valence-electron chi connectivity index (χ0n) is 15.7. The fourth-order valence-electron chi connectivity index (χ4n) is 3.62. The highest BCUT2D eigenvalue weighted by atomic mass is 32.2. The second-order valence-corrected chi connectivity index (χ2v) is 7.88. The lowest BCUT2D eigenvalue weighted by atomic mass is 10.1. The number of anilines is 2. The van der Waals surface area contributed by atoms with Crippen molar-refractivity contribution in [2.75, 3.05) is 31.8 Å². The minimum Gasteiger partial charge on any atom is -0.446 e. The molecule has 2 aromatic rings. The fourth-order valence-corrected chi connectivity index (χ4v) is 4.61. The van der Waals surface area contributed by atoms with E-state index >= 15 is 0 Å². The standard InChI is InChI=1S/C19H23N5O3S/c1-26-12-24-15-10-13(11-23-8-4-14(5-9-23)27-19(20)25)2-3-16(15)28-18-17(24)21-6-7-22-18/h2-3,6-7,10,14H,4-5,8-9,11-12H2,1H3,(H2,20,25). The summed E-state index contributed by atoms with van der Waals surface area (Å²) in [4.78, 5) is 25.4. The van der Waals surface area contributed by atoms with Gasteiger partial charge in [0.25, 0.3) is 0 Å². The SMILES string of the molecule is COCN1c2cc(CN3CCC(OC(N)=O)CC3)ccc2Sc2nccnc21. The maximum absolute atomic E-state index is 10.9. The molecule has 9 heteroatoms.